The summed E-state index contributed by atoms with van der Waals surface area (Å²) < 4.78 is 0. The van der Waals surface area contributed by atoms with E-state index >= 15 is 0 Å². The van der Waals surface area contributed by atoms with Gasteiger partial charge >= 0.3 is 0 Å². The first-order valence-corrected chi connectivity index (χ1v) is 15.9. The first-order valence-electron chi connectivity index (χ1n) is 15.9. The summed E-state index contributed by atoms with van der Waals surface area (Å²) in [6.07, 6.45) is 0. The third-order valence-electron chi connectivity index (χ3n) is 9.68. The van der Waals surface area contributed by atoms with E-state index in [1.165, 1.54) is 75.4 Å². The maximum absolute atomic E-state index is 3.87. The average molecular weight is 585 g/mol. The Balaban J connectivity index is 1.41. The molecule has 0 radical (unpaired) electrons. The van der Waals surface area contributed by atoms with Gasteiger partial charge in [-0.25, -0.2) is 0 Å². The monoisotopic (exact) mass is 584 g/mol. The van der Waals surface area contributed by atoms with Crippen LogP contribution in [0.3, 0.4) is 0 Å². The number of anilines is 4. The first-order chi connectivity index (χ1) is 22.8. The number of benzene rings is 10. The highest BCUT2D eigenvalue weighted by molar-refractivity contribution is 6.39. The molecule has 10 aromatic rings. The fourth-order valence-corrected chi connectivity index (χ4v) is 7.59. The van der Waals surface area contributed by atoms with Crippen LogP contribution < -0.4 is 10.6 Å². The molecule has 2 N–H and O–H groups in total. The molecule has 0 aliphatic carbocycles. The smallest absolute Gasteiger partial charge is 0.0544 e. The van der Waals surface area contributed by atoms with E-state index in [-0.39, 0.29) is 0 Å². The van der Waals surface area contributed by atoms with Gasteiger partial charge in [-0.05, 0) is 91.6 Å². The van der Waals surface area contributed by atoms with E-state index in [1.807, 2.05) is 0 Å². The summed E-state index contributed by atoms with van der Waals surface area (Å²) in [5, 5.41) is 25.3. The fourth-order valence-electron chi connectivity index (χ4n) is 7.59. The standard InChI is InChI=1S/C44H28N2/c1-3-15-31(16-4-1)45-43-35-21-22-36-42-34(20-19-33(41(35)42)37-23-27-11-7-9-13-29(27)25-39(37)43)38-24-28-12-8-10-14-30(28)26-40(38)44(36)46-32-17-5-2-6-18-32/h1-26,45-46H. The molecule has 0 aromatic heterocycles. The van der Waals surface area contributed by atoms with Crippen molar-refractivity contribution in [1.82, 2.24) is 0 Å². The van der Waals surface area contributed by atoms with Crippen LogP contribution in [0.2, 0.25) is 0 Å². The minimum absolute atomic E-state index is 1.08. The van der Waals surface area contributed by atoms with Crippen molar-refractivity contribution in [2.24, 2.45) is 0 Å². The highest BCUT2D eigenvalue weighted by Crippen LogP contribution is 2.49. The van der Waals surface area contributed by atoms with Gasteiger partial charge in [0, 0.05) is 43.7 Å². The normalized spacial score (nSPS) is 11.9. The topological polar surface area (TPSA) is 24.1 Å². The number of nitrogens with one attached hydrogen (secondary N) is 2. The van der Waals surface area contributed by atoms with E-state index in [0.717, 1.165) is 22.7 Å². The Morgan fingerprint density at radius 3 is 0.978 bits per heavy atom. The number of hydrogen-bond acceptors (Lipinski definition) is 2. The molecule has 10 rings (SSSR count). The quantitative estimate of drug-likeness (QED) is 0.159. The highest BCUT2D eigenvalue weighted by Gasteiger charge is 2.21. The molecule has 0 fully saturated rings. The fraction of sp³-hybridized carbons (Fsp3) is 0. The van der Waals surface area contributed by atoms with Crippen LogP contribution in [0.15, 0.2) is 158 Å². The van der Waals surface area contributed by atoms with Crippen LogP contribution in [-0.4, -0.2) is 0 Å². The average Bonchev–Trinajstić information content (AvgIpc) is 3.11. The SMILES string of the molecule is c1ccc(Nc2c3cc4ccccc4cc3c3ccc4c5cc6ccccc6cc5c(Nc5ccccc5)c5ccc2c3c54)cc1. The molecule has 0 atom stereocenters. The molecule has 0 aliphatic heterocycles. The predicted octanol–water partition coefficient (Wildman–Crippen LogP) is 12.7. The van der Waals surface area contributed by atoms with Crippen LogP contribution in [0.4, 0.5) is 22.7 Å². The third-order valence-corrected chi connectivity index (χ3v) is 9.68. The highest BCUT2D eigenvalue weighted by atomic mass is 14.9. The van der Waals surface area contributed by atoms with Gasteiger partial charge in [0.15, 0.2) is 0 Å². The molecule has 214 valence electrons. The molecule has 0 amide bonds. The zero-order chi connectivity index (χ0) is 30.2. The van der Waals surface area contributed by atoms with Crippen LogP contribution in [0, 0.1) is 0 Å². The van der Waals surface area contributed by atoms with Crippen molar-refractivity contribution < 1.29 is 0 Å². The van der Waals surface area contributed by atoms with Crippen molar-refractivity contribution in [2.45, 2.75) is 0 Å². The lowest BCUT2D eigenvalue weighted by Gasteiger charge is -2.22. The van der Waals surface area contributed by atoms with Gasteiger partial charge in [0.05, 0.1) is 11.4 Å². The lowest BCUT2D eigenvalue weighted by atomic mass is 9.85. The lowest BCUT2D eigenvalue weighted by Crippen LogP contribution is -1.98. The Hall–Kier alpha value is -6.12. The molecule has 0 spiro atoms. The zero-order valence-corrected chi connectivity index (χ0v) is 25.0. The Bertz CT molecular complexity index is 2590. The third kappa shape index (κ3) is 3.71. The molecule has 0 saturated heterocycles. The van der Waals surface area contributed by atoms with Crippen LogP contribution in [0.5, 0.6) is 0 Å². The Kier molecular flexibility index (Phi) is 5.31. The van der Waals surface area contributed by atoms with Crippen LogP contribution >= 0.6 is 0 Å². The number of fused-ring (bicyclic) bond motifs is 6. The predicted molar refractivity (Wildman–Crippen MR) is 200 cm³/mol. The summed E-state index contributed by atoms with van der Waals surface area (Å²) in [4.78, 5) is 0. The number of hydrogen-bond donors (Lipinski definition) is 2. The van der Waals surface area contributed by atoms with Crippen LogP contribution in [0.1, 0.15) is 0 Å². The molecule has 10 aromatic carbocycles. The molecular formula is C44H28N2. The molecular weight excluding hydrogens is 556 g/mol. The van der Waals surface area contributed by atoms with E-state index in [2.05, 4.69) is 168 Å². The molecule has 0 saturated carbocycles. The molecule has 0 bridgehead atoms. The molecule has 0 heterocycles. The summed E-state index contributed by atoms with van der Waals surface area (Å²) in [7, 11) is 0. The van der Waals surface area contributed by atoms with Crippen molar-refractivity contribution in [2.75, 3.05) is 10.6 Å². The van der Waals surface area contributed by atoms with Crippen molar-refractivity contribution in [3.63, 3.8) is 0 Å². The minimum atomic E-state index is 1.08. The molecule has 46 heavy (non-hydrogen) atoms. The van der Waals surface area contributed by atoms with E-state index < -0.39 is 0 Å². The van der Waals surface area contributed by atoms with E-state index in [0.29, 0.717) is 0 Å². The Morgan fingerprint density at radius 1 is 0.261 bits per heavy atom. The van der Waals surface area contributed by atoms with Gasteiger partial charge in [-0.3, -0.25) is 0 Å². The molecule has 2 nitrogen and oxygen atoms in total. The maximum atomic E-state index is 3.87. The van der Waals surface area contributed by atoms with Gasteiger partial charge in [0.1, 0.15) is 0 Å². The zero-order valence-electron chi connectivity index (χ0n) is 25.0. The molecule has 0 aliphatic rings. The summed E-state index contributed by atoms with van der Waals surface area (Å²) in [6, 6.07) is 57.3. The maximum Gasteiger partial charge on any atom is 0.0544 e. The van der Waals surface area contributed by atoms with Gasteiger partial charge in [-0.2, -0.15) is 0 Å². The number of para-hydroxylation sites is 2. The second-order valence-corrected chi connectivity index (χ2v) is 12.3. The van der Waals surface area contributed by atoms with E-state index in [9.17, 15) is 0 Å². The van der Waals surface area contributed by atoms with Crippen molar-refractivity contribution >= 4 is 98.2 Å². The summed E-state index contributed by atoms with van der Waals surface area (Å²) >= 11 is 0. The van der Waals surface area contributed by atoms with E-state index in [4.69, 9.17) is 0 Å². The van der Waals surface area contributed by atoms with Gasteiger partial charge in [0.25, 0.3) is 0 Å². The largest absolute Gasteiger partial charge is 0.355 e. The second kappa shape index (κ2) is 9.69. The van der Waals surface area contributed by atoms with Crippen molar-refractivity contribution in [1.29, 1.82) is 0 Å². The summed E-state index contributed by atoms with van der Waals surface area (Å²) in [5.74, 6) is 0. The molecule has 2 heteroatoms. The lowest BCUT2D eigenvalue weighted by molar-refractivity contribution is 1.60. The van der Waals surface area contributed by atoms with Gasteiger partial charge in [-0.1, -0.05) is 109 Å². The Morgan fingerprint density at radius 2 is 0.587 bits per heavy atom. The minimum Gasteiger partial charge on any atom is -0.355 e. The number of rotatable bonds is 4. The molecule has 0 unspecified atom stereocenters. The summed E-state index contributed by atoms with van der Waals surface area (Å²) in [5.41, 5.74) is 4.45. The van der Waals surface area contributed by atoms with Crippen molar-refractivity contribution in [3.05, 3.63) is 158 Å². The van der Waals surface area contributed by atoms with Gasteiger partial charge in [0.2, 0.25) is 0 Å². The van der Waals surface area contributed by atoms with Crippen LogP contribution in [-0.2, 0) is 0 Å². The second-order valence-electron chi connectivity index (χ2n) is 12.3. The Labute approximate surface area is 265 Å². The summed E-state index contributed by atoms with van der Waals surface area (Å²) in [6.45, 7) is 0. The first kappa shape index (κ1) is 25.2. The van der Waals surface area contributed by atoms with Crippen LogP contribution in [0.25, 0.3) is 75.4 Å². The van der Waals surface area contributed by atoms with E-state index in [1.54, 1.807) is 0 Å². The van der Waals surface area contributed by atoms with Gasteiger partial charge < -0.3 is 10.6 Å². The van der Waals surface area contributed by atoms with Crippen molar-refractivity contribution in [3.8, 4) is 0 Å². The van der Waals surface area contributed by atoms with Gasteiger partial charge in [-0.15, -0.1) is 0 Å².